The Kier molecular flexibility index (Phi) is 4.15. The summed E-state index contributed by atoms with van der Waals surface area (Å²) in [6.07, 6.45) is -0.0761. The molecule has 90 valence electrons. The molecule has 0 heterocycles. The monoisotopic (exact) mass is 267 g/mol. The molecule has 1 fully saturated rings. The summed E-state index contributed by atoms with van der Waals surface area (Å²) in [5, 5.41) is 3.42. The molecule has 0 N–H and O–H groups in total. The van der Waals surface area contributed by atoms with Crippen molar-refractivity contribution in [3.05, 3.63) is 0 Å². The molecule has 1 aliphatic rings. The Balaban J connectivity index is 2.60. The van der Waals surface area contributed by atoms with E-state index in [9.17, 15) is 9.59 Å². The number of hydrogen-bond acceptors (Lipinski definition) is 5. The van der Waals surface area contributed by atoms with Crippen molar-refractivity contribution in [2.45, 2.75) is 30.7 Å². The van der Waals surface area contributed by atoms with Gasteiger partial charge in [0.1, 0.15) is 0 Å². The normalized spacial score (nSPS) is 22.5. The van der Waals surface area contributed by atoms with Gasteiger partial charge in [-0.3, -0.25) is 4.79 Å². The zero-order valence-electron chi connectivity index (χ0n) is 8.83. The second kappa shape index (κ2) is 5.01. The topological polar surface area (TPSA) is 65.0 Å². The van der Waals surface area contributed by atoms with Crippen LogP contribution in [-0.2, 0) is 19.2 Å². The molecule has 16 heavy (non-hydrogen) atoms. The summed E-state index contributed by atoms with van der Waals surface area (Å²) in [6, 6.07) is 0. The first-order valence-electron chi connectivity index (χ1n) is 4.68. The van der Waals surface area contributed by atoms with Gasteiger partial charge in [0.15, 0.2) is 16.2 Å². The van der Waals surface area contributed by atoms with Crippen LogP contribution in [0.25, 0.3) is 0 Å². The Bertz CT molecular complexity index is 340. The van der Waals surface area contributed by atoms with Gasteiger partial charge in [-0.15, -0.1) is 0 Å². The van der Waals surface area contributed by atoms with Crippen molar-refractivity contribution in [1.29, 1.82) is 0 Å². The van der Waals surface area contributed by atoms with Crippen LogP contribution in [0.15, 0.2) is 5.16 Å². The fraction of sp³-hybridized carbons (Fsp3) is 0.667. The van der Waals surface area contributed by atoms with Gasteiger partial charge < -0.3 is 9.57 Å². The predicted molar refractivity (Wildman–Crippen MR) is 58.7 cm³/mol. The van der Waals surface area contributed by atoms with Gasteiger partial charge in [0.05, 0.1) is 6.61 Å². The Morgan fingerprint density at radius 2 is 2.06 bits per heavy atom. The molecule has 0 spiro atoms. The summed E-state index contributed by atoms with van der Waals surface area (Å²) >= 11 is 11.4. The average Bonchev–Trinajstić information content (AvgIpc) is 2.74. The molecular formula is C9H11Cl2NO4. The molecule has 1 rings (SSSR count). The number of nitrogens with zero attached hydrogens (tertiary/aromatic N) is 1. The lowest BCUT2D eigenvalue weighted by Gasteiger charge is -2.03. The van der Waals surface area contributed by atoms with Crippen molar-refractivity contribution in [1.82, 2.24) is 0 Å². The Morgan fingerprint density at radius 1 is 1.50 bits per heavy atom. The maximum atomic E-state index is 11.3. The van der Waals surface area contributed by atoms with E-state index in [-0.39, 0.29) is 6.61 Å². The van der Waals surface area contributed by atoms with Gasteiger partial charge >= 0.3 is 5.97 Å². The summed E-state index contributed by atoms with van der Waals surface area (Å²) < 4.78 is 3.66. The van der Waals surface area contributed by atoms with Crippen LogP contribution >= 0.6 is 23.2 Å². The first kappa shape index (κ1) is 13.3. The van der Waals surface area contributed by atoms with Gasteiger partial charge in [0, 0.05) is 13.3 Å². The van der Waals surface area contributed by atoms with Crippen molar-refractivity contribution in [3.8, 4) is 0 Å². The van der Waals surface area contributed by atoms with E-state index in [4.69, 9.17) is 28.0 Å². The van der Waals surface area contributed by atoms with Crippen LogP contribution in [0.4, 0.5) is 0 Å². The molecule has 7 heteroatoms. The molecule has 1 unspecified atom stereocenters. The van der Waals surface area contributed by atoms with Gasteiger partial charge in [0.2, 0.25) is 5.71 Å². The molecule has 1 saturated carbocycles. The van der Waals surface area contributed by atoms with Crippen molar-refractivity contribution in [3.63, 3.8) is 0 Å². The number of oxime groups is 1. The van der Waals surface area contributed by atoms with Gasteiger partial charge in [0.25, 0.3) is 0 Å². The largest absolute Gasteiger partial charge is 0.461 e. The van der Waals surface area contributed by atoms with E-state index in [1.807, 2.05) is 0 Å². The number of alkyl halides is 2. The number of halogens is 2. The highest BCUT2D eigenvalue weighted by molar-refractivity contribution is 6.63. The second-order valence-corrected chi connectivity index (χ2v) is 4.82. The highest BCUT2D eigenvalue weighted by Crippen LogP contribution is 2.49. The third-order valence-corrected chi connectivity index (χ3v) is 2.64. The highest BCUT2D eigenvalue weighted by Gasteiger charge is 2.55. The molecule has 5 nitrogen and oxygen atoms in total. The van der Waals surface area contributed by atoms with Gasteiger partial charge in [-0.25, -0.2) is 4.79 Å². The van der Waals surface area contributed by atoms with Crippen LogP contribution < -0.4 is 0 Å². The van der Waals surface area contributed by atoms with E-state index < -0.39 is 27.9 Å². The number of ketones is 1. The predicted octanol–water partition coefficient (Wildman–Crippen LogP) is 1.46. The number of rotatable bonds is 5. The van der Waals surface area contributed by atoms with E-state index in [0.29, 0.717) is 6.42 Å². The van der Waals surface area contributed by atoms with Crippen LogP contribution in [0.2, 0.25) is 0 Å². The maximum absolute atomic E-state index is 11.3. The molecule has 0 aliphatic heterocycles. The number of esters is 1. The molecular weight excluding hydrogens is 257 g/mol. The van der Waals surface area contributed by atoms with Crippen LogP contribution in [0.3, 0.4) is 0 Å². The van der Waals surface area contributed by atoms with E-state index in [0.717, 1.165) is 0 Å². The van der Waals surface area contributed by atoms with Gasteiger partial charge in [-0.1, -0.05) is 28.4 Å². The van der Waals surface area contributed by atoms with E-state index in [1.54, 1.807) is 6.92 Å². The van der Waals surface area contributed by atoms with E-state index in [2.05, 4.69) is 9.89 Å². The molecule has 0 saturated heterocycles. The van der Waals surface area contributed by atoms with Gasteiger partial charge in [-0.05, 0) is 6.92 Å². The lowest BCUT2D eigenvalue weighted by atomic mass is 10.3. The van der Waals surface area contributed by atoms with Crippen molar-refractivity contribution in [2.75, 3.05) is 6.61 Å². The first-order chi connectivity index (χ1) is 7.38. The van der Waals surface area contributed by atoms with Crippen molar-refractivity contribution in [2.24, 2.45) is 5.16 Å². The number of ether oxygens (including phenoxy) is 1. The average molecular weight is 268 g/mol. The maximum Gasteiger partial charge on any atom is 0.364 e. The Morgan fingerprint density at radius 3 is 2.44 bits per heavy atom. The second-order valence-electron chi connectivity index (χ2n) is 3.28. The SMILES string of the molecule is CCOC(=O)/C(=N\OC1CC1(Cl)Cl)C(C)=O. The molecule has 0 aromatic carbocycles. The van der Waals surface area contributed by atoms with Crippen LogP contribution in [0.1, 0.15) is 20.3 Å². The number of Topliss-reactive ketones (excluding diaryl/α,β-unsaturated/α-hetero) is 1. The number of carbonyl (C=O) groups excluding carboxylic acids is 2. The van der Waals surface area contributed by atoms with Gasteiger partial charge in [-0.2, -0.15) is 0 Å². The minimum atomic E-state index is -0.972. The van der Waals surface area contributed by atoms with Crippen LogP contribution in [-0.4, -0.2) is 34.5 Å². The Labute approximate surface area is 103 Å². The standard InChI is InChI=1S/C9H11Cl2NO4/c1-3-15-8(14)7(5(2)13)12-16-6-4-9(6,10)11/h6H,3-4H2,1-2H3/b12-7-. The fourth-order valence-corrected chi connectivity index (χ4v) is 1.22. The van der Waals surface area contributed by atoms with E-state index >= 15 is 0 Å². The first-order valence-corrected chi connectivity index (χ1v) is 5.43. The minimum Gasteiger partial charge on any atom is -0.461 e. The molecule has 0 bridgehead atoms. The lowest BCUT2D eigenvalue weighted by molar-refractivity contribution is -0.136. The smallest absolute Gasteiger partial charge is 0.364 e. The zero-order chi connectivity index (χ0) is 12.3. The van der Waals surface area contributed by atoms with E-state index in [1.165, 1.54) is 6.92 Å². The third kappa shape index (κ3) is 3.35. The summed E-state index contributed by atoms with van der Waals surface area (Å²) in [5.74, 6) is -1.35. The van der Waals surface area contributed by atoms with Crippen molar-refractivity contribution >= 4 is 40.7 Å². The summed E-state index contributed by atoms with van der Waals surface area (Å²) in [7, 11) is 0. The molecule has 1 atom stereocenters. The lowest BCUT2D eigenvalue weighted by Crippen LogP contribution is -2.25. The zero-order valence-corrected chi connectivity index (χ0v) is 10.3. The fourth-order valence-electron chi connectivity index (χ4n) is 0.864. The molecule has 0 aromatic heterocycles. The summed E-state index contributed by atoms with van der Waals surface area (Å²) in [6.45, 7) is 2.98. The molecule has 0 aromatic rings. The Hall–Kier alpha value is -0.810. The summed E-state index contributed by atoms with van der Waals surface area (Å²) in [4.78, 5) is 27.2. The molecule has 0 amide bonds. The molecule has 0 radical (unpaired) electrons. The third-order valence-electron chi connectivity index (χ3n) is 1.84. The van der Waals surface area contributed by atoms with Crippen LogP contribution in [0, 0.1) is 0 Å². The molecule has 1 aliphatic carbocycles. The van der Waals surface area contributed by atoms with Crippen LogP contribution in [0.5, 0.6) is 0 Å². The summed E-state index contributed by atoms with van der Waals surface area (Å²) in [5.41, 5.74) is -0.391. The highest BCUT2D eigenvalue weighted by atomic mass is 35.5. The van der Waals surface area contributed by atoms with Crippen molar-refractivity contribution < 1.29 is 19.2 Å². The quantitative estimate of drug-likeness (QED) is 0.249. The number of carbonyl (C=O) groups is 2. The number of hydrogen-bond donors (Lipinski definition) is 0. The minimum absolute atomic E-state index is 0.156.